The van der Waals surface area contributed by atoms with E-state index in [-0.39, 0.29) is 17.4 Å². The maximum absolute atomic E-state index is 13.4. The lowest BCUT2D eigenvalue weighted by Crippen LogP contribution is -2.38. The number of hydrogen-bond donors (Lipinski definition) is 1. The van der Waals surface area contributed by atoms with Crippen LogP contribution in [0, 0.1) is 17.1 Å². The van der Waals surface area contributed by atoms with Gasteiger partial charge in [-0.05, 0) is 36.6 Å². The Labute approximate surface area is 143 Å². The highest BCUT2D eigenvalue weighted by atomic mass is 19.1. The van der Waals surface area contributed by atoms with Crippen LogP contribution in [0.3, 0.4) is 0 Å². The summed E-state index contributed by atoms with van der Waals surface area (Å²) >= 11 is 0. The lowest BCUT2D eigenvalue weighted by atomic mass is 9.94. The third kappa shape index (κ3) is 2.71. The second-order valence-electron chi connectivity index (χ2n) is 6.41. The molecule has 0 spiro atoms. The summed E-state index contributed by atoms with van der Waals surface area (Å²) < 4.78 is 14.7. The van der Waals surface area contributed by atoms with E-state index in [4.69, 9.17) is 5.26 Å². The molecule has 0 aliphatic carbocycles. The topological polar surface area (TPSA) is 77.2 Å². The zero-order valence-electron chi connectivity index (χ0n) is 13.7. The first-order valence-corrected chi connectivity index (χ1v) is 8.06. The smallest absolute Gasteiger partial charge is 0.272 e. The van der Waals surface area contributed by atoms with Gasteiger partial charge in [0.1, 0.15) is 17.4 Å². The highest BCUT2D eigenvalue weighted by Gasteiger charge is 2.24. The van der Waals surface area contributed by atoms with E-state index in [1.807, 2.05) is 12.1 Å². The number of H-pyrrole nitrogens is 1. The molecule has 7 heteroatoms. The van der Waals surface area contributed by atoms with Crippen LogP contribution in [0.5, 0.6) is 0 Å². The van der Waals surface area contributed by atoms with Gasteiger partial charge < -0.3 is 0 Å². The number of halogens is 1. The number of nitrogens with zero attached hydrogens (tertiary/aromatic N) is 4. The Morgan fingerprint density at radius 2 is 2.24 bits per heavy atom. The van der Waals surface area contributed by atoms with Crippen molar-refractivity contribution in [3.8, 4) is 6.07 Å². The van der Waals surface area contributed by atoms with Crippen LogP contribution < -0.4 is 5.56 Å². The van der Waals surface area contributed by atoms with E-state index >= 15 is 0 Å². The summed E-state index contributed by atoms with van der Waals surface area (Å²) in [5.41, 5.74) is 3.19. The van der Waals surface area contributed by atoms with Gasteiger partial charge in [-0.1, -0.05) is 6.07 Å². The number of benzene rings is 1. The van der Waals surface area contributed by atoms with Crippen LogP contribution in [0.25, 0.3) is 5.65 Å². The van der Waals surface area contributed by atoms with Crippen LogP contribution in [0.1, 0.15) is 29.3 Å². The van der Waals surface area contributed by atoms with Gasteiger partial charge in [-0.25, -0.2) is 13.9 Å². The molecule has 0 bridgehead atoms. The third-order valence-corrected chi connectivity index (χ3v) is 4.72. The van der Waals surface area contributed by atoms with Crippen LogP contribution in [0.2, 0.25) is 0 Å². The zero-order chi connectivity index (χ0) is 17.6. The van der Waals surface area contributed by atoms with Crippen molar-refractivity contribution in [1.29, 1.82) is 5.26 Å². The minimum Gasteiger partial charge on any atom is -0.295 e. The number of fused-ring (bicyclic) bond motifs is 2. The van der Waals surface area contributed by atoms with Crippen molar-refractivity contribution in [3.05, 3.63) is 69.0 Å². The van der Waals surface area contributed by atoms with Crippen molar-refractivity contribution in [2.24, 2.45) is 0 Å². The lowest BCUT2D eigenvalue weighted by molar-refractivity contribution is 0.173. The predicted molar refractivity (Wildman–Crippen MR) is 89.3 cm³/mol. The summed E-state index contributed by atoms with van der Waals surface area (Å²) in [5, 5.41) is 11.9. The Balaban J connectivity index is 1.66. The Kier molecular flexibility index (Phi) is 3.62. The van der Waals surface area contributed by atoms with Gasteiger partial charge in [0.15, 0.2) is 5.65 Å². The number of hydrogen-bond acceptors (Lipinski definition) is 4. The summed E-state index contributed by atoms with van der Waals surface area (Å²) in [5.74, 6) is -0.212. The summed E-state index contributed by atoms with van der Waals surface area (Å²) in [6.45, 7) is 3.26. The molecule has 0 fully saturated rings. The molecule has 1 atom stereocenters. The molecule has 3 heterocycles. The second-order valence-corrected chi connectivity index (χ2v) is 6.41. The van der Waals surface area contributed by atoms with E-state index < -0.39 is 0 Å². The summed E-state index contributed by atoms with van der Waals surface area (Å²) in [6.07, 6.45) is 2.23. The highest BCUT2D eigenvalue weighted by molar-refractivity contribution is 5.53. The number of nitriles is 1. The summed E-state index contributed by atoms with van der Waals surface area (Å²) in [7, 11) is 0. The number of rotatable bonds is 2. The van der Waals surface area contributed by atoms with E-state index in [0.29, 0.717) is 30.0 Å². The molecule has 0 radical (unpaired) electrons. The molecule has 0 saturated heterocycles. The maximum atomic E-state index is 13.4. The lowest BCUT2D eigenvalue weighted by Gasteiger charge is -2.34. The van der Waals surface area contributed by atoms with Gasteiger partial charge in [0.25, 0.3) is 5.56 Å². The molecule has 0 saturated carbocycles. The Morgan fingerprint density at radius 1 is 1.40 bits per heavy atom. The van der Waals surface area contributed by atoms with Gasteiger partial charge in [-0.2, -0.15) is 5.26 Å². The molecular formula is C18H16FN5O. The van der Waals surface area contributed by atoms with E-state index in [2.05, 4.69) is 21.9 Å². The predicted octanol–water partition coefficient (Wildman–Crippen LogP) is 1.98. The molecule has 1 aliphatic rings. The van der Waals surface area contributed by atoms with Crippen LogP contribution in [-0.2, 0) is 19.5 Å². The van der Waals surface area contributed by atoms with Gasteiger partial charge in [0, 0.05) is 31.4 Å². The first kappa shape index (κ1) is 15.5. The Morgan fingerprint density at radius 3 is 3.04 bits per heavy atom. The van der Waals surface area contributed by atoms with Crippen LogP contribution >= 0.6 is 0 Å². The normalized spacial score (nSPS) is 17.4. The molecule has 0 amide bonds. The molecule has 2 aromatic heterocycles. The molecule has 1 aromatic carbocycles. The molecular weight excluding hydrogens is 321 g/mol. The molecule has 1 N–H and O–H groups in total. The third-order valence-electron chi connectivity index (χ3n) is 4.72. The van der Waals surface area contributed by atoms with E-state index in [0.717, 1.165) is 17.5 Å². The SMILES string of the molecule is CC1Cc2cc(F)ccc2CN1Cc1cc(=O)n2[nH]cc(C#N)c2n1. The number of aromatic nitrogens is 3. The molecule has 25 heavy (non-hydrogen) atoms. The average Bonchev–Trinajstić information content (AvgIpc) is 2.99. The minimum absolute atomic E-state index is 0.205. The van der Waals surface area contributed by atoms with E-state index in [1.54, 1.807) is 6.07 Å². The Bertz CT molecular complexity index is 1060. The van der Waals surface area contributed by atoms with Crippen molar-refractivity contribution >= 4 is 5.65 Å². The quantitative estimate of drug-likeness (QED) is 0.776. The van der Waals surface area contributed by atoms with Crippen molar-refractivity contribution in [2.45, 2.75) is 32.5 Å². The standard InChI is InChI=1S/C18H16FN5O/c1-11-4-13-5-15(19)3-2-12(13)9-23(11)10-16-6-17(25)24-18(22-16)14(7-20)8-21-24/h2-3,5-6,8,11,21H,4,9-10H2,1H3. The van der Waals surface area contributed by atoms with Crippen molar-refractivity contribution in [2.75, 3.05) is 0 Å². The van der Waals surface area contributed by atoms with Gasteiger partial charge in [-0.15, -0.1) is 0 Å². The van der Waals surface area contributed by atoms with Crippen molar-refractivity contribution in [3.63, 3.8) is 0 Å². The minimum atomic E-state index is -0.242. The summed E-state index contributed by atoms with van der Waals surface area (Å²) in [6, 6.07) is 8.61. The monoisotopic (exact) mass is 337 g/mol. The zero-order valence-corrected chi connectivity index (χ0v) is 13.7. The molecule has 4 rings (SSSR count). The fraction of sp³-hybridized carbons (Fsp3) is 0.278. The molecule has 3 aromatic rings. The highest BCUT2D eigenvalue weighted by Crippen LogP contribution is 2.25. The van der Waals surface area contributed by atoms with Crippen molar-refractivity contribution in [1.82, 2.24) is 19.5 Å². The molecule has 1 unspecified atom stereocenters. The number of aromatic amines is 1. The largest absolute Gasteiger partial charge is 0.295 e. The molecule has 6 nitrogen and oxygen atoms in total. The molecule has 1 aliphatic heterocycles. The van der Waals surface area contributed by atoms with E-state index in [1.165, 1.54) is 22.8 Å². The van der Waals surface area contributed by atoms with E-state index in [9.17, 15) is 9.18 Å². The fourth-order valence-corrected chi connectivity index (χ4v) is 3.37. The van der Waals surface area contributed by atoms with Gasteiger partial charge in [-0.3, -0.25) is 14.8 Å². The van der Waals surface area contributed by atoms with Gasteiger partial charge >= 0.3 is 0 Å². The summed E-state index contributed by atoms with van der Waals surface area (Å²) in [4.78, 5) is 18.9. The maximum Gasteiger partial charge on any atom is 0.272 e. The fourth-order valence-electron chi connectivity index (χ4n) is 3.37. The van der Waals surface area contributed by atoms with Crippen LogP contribution in [0.15, 0.2) is 35.3 Å². The number of nitrogens with one attached hydrogen (secondary N) is 1. The first-order chi connectivity index (χ1) is 12.0. The second kappa shape index (κ2) is 5.83. The van der Waals surface area contributed by atoms with Crippen LogP contribution in [0.4, 0.5) is 4.39 Å². The van der Waals surface area contributed by atoms with Crippen molar-refractivity contribution < 1.29 is 4.39 Å². The first-order valence-electron chi connectivity index (χ1n) is 8.06. The average molecular weight is 337 g/mol. The van der Waals surface area contributed by atoms with Crippen LogP contribution in [-0.4, -0.2) is 25.5 Å². The van der Waals surface area contributed by atoms with Gasteiger partial charge in [0.2, 0.25) is 0 Å². The van der Waals surface area contributed by atoms with Gasteiger partial charge in [0.05, 0.1) is 5.69 Å². The Hall–Kier alpha value is -2.98. The molecule has 126 valence electrons.